The summed E-state index contributed by atoms with van der Waals surface area (Å²) in [4.78, 5) is 6.94. The Balaban J connectivity index is 1.90. The van der Waals surface area contributed by atoms with Crippen molar-refractivity contribution in [3.8, 4) is 0 Å². The molecule has 3 rings (SSSR count). The van der Waals surface area contributed by atoms with Crippen LogP contribution in [-0.4, -0.2) is 23.0 Å². The molecule has 2 nitrogen and oxygen atoms in total. The van der Waals surface area contributed by atoms with E-state index in [1.165, 1.54) is 29.6 Å². The number of aromatic nitrogens is 1. The summed E-state index contributed by atoms with van der Waals surface area (Å²) < 4.78 is 0. The van der Waals surface area contributed by atoms with Gasteiger partial charge in [-0.3, -0.25) is 9.88 Å². The van der Waals surface area contributed by atoms with E-state index < -0.39 is 0 Å². The number of pyridine rings is 1. The number of benzene rings is 1. The maximum Gasteiger partial charge on any atom is 0.0731 e. The Morgan fingerprint density at radius 1 is 1.35 bits per heavy atom. The van der Waals surface area contributed by atoms with E-state index in [0.717, 1.165) is 18.0 Å². The van der Waals surface area contributed by atoms with Gasteiger partial charge in [-0.1, -0.05) is 19.1 Å². The van der Waals surface area contributed by atoms with E-state index in [-0.39, 0.29) is 0 Å². The topological polar surface area (TPSA) is 16.1 Å². The standard InChI is InChI=1S/C15H18N2/c1-11-8-17(9-11)10-13-6-12(2)15-14(7-13)4-3-5-16-15/h3-7,11H,8-10H2,1-2H3. The van der Waals surface area contributed by atoms with Gasteiger partial charge in [-0.15, -0.1) is 0 Å². The van der Waals surface area contributed by atoms with Crippen LogP contribution in [0.25, 0.3) is 10.9 Å². The van der Waals surface area contributed by atoms with Gasteiger partial charge in [0.05, 0.1) is 5.52 Å². The molecule has 0 bridgehead atoms. The molecule has 2 heteroatoms. The number of nitrogens with zero attached hydrogens (tertiary/aromatic N) is 2. The van der Waals surface area contributed by atoms with Crippen molar-refractivity contribution >= 4 is 10.9 Å². The van der Waals surface area contributed by atoms with E-state index >= 15 is 0 Å². The first-order valence-corrected chi connectivity index (χ1v) is 6.29. The molecule has 88 valence electrons. The zero-order valence-electron chi connectivity index (χ0n) is 10.5. The minimum Gasteiger partial charge on any atom is -0.298 e. The van der Waals surface area contributed by atoms with Crippen molar-refractivity contribution < 1.29 is 0 Å². The molecular formula is C15H18N2. The first-order valence-electron chi connectivity index (χ1n) is 6.29. The van der Waals surface area contributed by atoms with Crippen LogP contribution in [0, 0.1) is 12.8 Å². The van der Waals surface area contributed by atoms with Crippen LogP contribution >= 0.6 is 0 Å². The first kappa shape index (κ1) is 10.7. The minimum atomic E-state index is 0.873. The molecule has 0 amide bonds. The van der Waals surface area contributed by atoms with Crippen molar-refractivity contribution in [1.29, 1.82) is 0 Å². The Labute approximate surface area is 102 Å². The Morgan fingerprint density at radius 3 is 2.94 bits per heavy atom. The largest absolute Gasteiger partial charge is 0.298 e. The van der Waals surface area contributed by atoms with Crippen LogP contribution in [0.5, 0.6) is 0 Å². The summed E-state index contributed by atoms with van der Waals surface area (Å²) in [6.07, 6.45) is 1.87. The van der Waals surface area contributed by atoms with Gasteiger partial charge in [-0.25, -0.2) is 0 Å². The summed E-state index contributed by atoms with van der Waals surface area (Å²) in [5, 5.41) is 1.26. The molecule has 1 fully saturated rings. The summed E-state index contributed by atoms with van der Waals surface area (Å²) in [5.74, 6) is 0.873. The molecule has 0 radical (unpaired) electrons. The van der Waals surface area contributed by atoms with Gasteiger partial charge >= 0.3 is 0 Å². The van der Waals surface area contributed by atoms with Gasteiger partial charge < -0.3 is 0 Å². The summed E-state index contributed by atoms with van der Waals surface area (Å²) in [5.41, 5.74) is 3.83. The molecule has 0 spiro atoms. The predicted octanol–water partition coefficient (Wildman–Crippen LogP) is 2.99. The zero-order chi connectivity index (χ0) is 11.8. The number of rotatable bonds is 2. The Bertz CT molecular complexity index is 542. The molecule has 0 N–H and O–H groups in total. The molecule has 0 atom stereocenters. The SMILES string of the molecule is Cc1cc(CN2CC(C)C2)cc2cccnc12. The lowest BCUT2D eigenvalue weighted by molar-refractivity contribution is 0.105. The van der Waals surface area contributed by atoms with Gasteiger partial charge in [0, 0.05) is 31.2 Å². The minimum absolute atomic E-state index is 0.873. The second-order valence-electron chi connectivity index (χ2n) is 5.29. The smallest absolute Gasteiger partial charge is 0.0731 e. The van der Waals surface area contributed by atoms with Crippen LogP contribution in [-0.2, 0) is 6.54 Å². The van der Waals surface area contributed by atoms with Crippen LogP contribution in [0.1, 0.15) is 18.1 Å². The molecule has 1 aliphatic rings. The van der Waals surface area contributed by atoms with E-state index in [0.29, 0.717) is 0 Å². The van der Waals surface area contributed by atoms with E-state index in [4.69, 9.17) is 0 Å². The third-order valence-corrected chi connectivity index (χ3v) is 3.50. The molecule has 1 aliphatic heterocycles. The van der Waals surface area contributed by atoms with Crippen molar-refractivity contribution in [1.82, 2.24) is 9.88 Å². The fourth-order valence-corrected chi connectivity index (χ4v) is 2.76. The summed E-state index contributed by atoms with van der Waals surface area (Å²) in [7, 11) is 0. The number of hydrogen-bond acceptors (Lipinski definition) is 2. The maximum atomic E-state index is 4.43. The molecule has 0 unspecified atom stereocenters. The summed E-state index contributed by atoms with van der Waals surface area (Å²) >= 11 is 0. The maximum absolute atomic E-state index is 4.43. The van der Waals surface area contributed by atoms with Crippen molar-refractivity contribution in [3.63, 3.8) is 0 Å². The van der Waals surface area contributed by atoms with Crippen molar-refractivity contribution in [3.05, 3.63) is 41.6 Å². The molecule has 0 aliphatic carbocycles. The van der Waals surface area contributed by atoms with Crippen LogP contribution < -0.4 is 0 Å². The Kier molecular flexibility index (Phi) is 2.60. The normalized spacial score (nSPS) is 17.3. The van der Waals surface area contributed by atoms with Crippen LogP contribution in [0.4, 0.5) is 0 Å². The number of hydrogen-bond donors (Lipinski definition) is 0. The van der Waals surface area contributed by atoms with Gasteiger partial charge in [0.2, 0.25) is 0 Å². The van der Waals surface area contributed by atoms with Gasteiger partial charge in [-0.2, -0.15) is 0 Å². The molecule has 2 aromatic rings. The Hall–Kier alpha value is -1.41. The van der Waals surface area contributed by atoms with Gasteiger partial charge in [-0.05, 0) is 36.1 Å². The van der Waals surface area contributed by atoms with Crippen molar-refractivity contribution in [2.45, 2.75) is 20.4 Å². The molecule has 2 heterocycles. The van der Waals surface area contributed by atoms with Crippen LogP contribution in [0.2, 0.25) is 0 Å². The highest BCUT2D eigenvalue weighted by atomic mass is 15.2. The van der Waals surface area contributed by atoms with Gasteiger partial charge in [0.25, 0.3) is 0 Å². The third-order valence-electron chi connectivity index (χ3n) is 3.50. The fraction of sp³-hybridized carbons (Fsp3) is 0.400. The summed E-state index contributed by atoms with van der Waals surface area (Å²) in [6.45, 7) is 8.02. The zero-order valence-corrected chi connectivity index (χ0v) is 10.5. The highest BCUT2D eigenvalue weighted by molar-refractivity contribution is 5.82. The number of likely N-dealkylation sites (tertiary alicyclic amines) is 1. The van der Waals surface area contributed by atoms with Crippen molar-refractivity contribution in [2.24, 2.45) is 5.92 Å². The van der Waals surface area contributed by atoms with Crippen LogP contribution in [0.3, 0.4) is 0 Å². The van der Waals surface area contributed by atoms with Gasteiger partial charge in [0.15, 0.2) is 0 Å². The number of fused-ring (bicyclic) bond motifs is 1. The monoisotopic (exact) mass is 226 g/mol. The molecule has 1 aromatic carbocycles. The molecular weight excluding hydrogens is 208 g/mol. The molecule has 0 saturated carbocycles. The lowest BCUT2D eigenvalue weighted by atomic mass is 10.00. The van der Waals surface area contributed by atoms with Gasteiger partial charge in [0.1, 0.15) is 0 Å². The fourth-order valence-electron chi connectivity index (χ4n) is 2.76. The lowest BCUT2D eigenvalue weighted by Crippen LogP contribution is -2.44. The molecule has 1 saturated heterocycles. The van der Waals surface area contributed by atoms with E-state index in [1.54, 1.807) is 0 Å². The molecule has 1 aromatic heterocycles. The van der Waals surface area contributed by atoms with E-state index in [1.807, 2.05) is 12.3 Å². The first-order chi connectivity index (χ1) is 8.22. The van der Waals surface area contributed by atoms with E-state index in [2.05, 4.69) is 41.9 Å². The van der Waals surface area contributed by atoms with Crippen molar-refractivity contribution in [2.75, 3.05) is 13.1 Å². The highest BCUT2D eigenvalue weighted by Gasteiger charge is 2.22. The average Bonchev–Trinajstić information content (AvgIpc) is 2.27. The average molecular weight is 226 g/mol. The second-order valence-corrected chi connectivity index (χ2v) is 5.29. The third kappa shape index (κ3) is 2.05. The van der Waals surface area contributed by atoms with Crippen LogP contribution in [0.15, 0.2) is 30.5 Å². The predicted molar refractivity (Wildman–Crippen MR) is 70.9 cm³/mol. The van der Waals surface area contributed by atoms with E-state index in [9.17, 15) is 0 Å². The molecule has 17 heavy (non-hydrogen) atoms. The quantitative estimate of drug-likeness (QED) is 0.782. The number of aryl methyl sites for hydroxylation is 1. The Morgan fingerprint density at radius 2 is 2.18 bits per heavy atom. The second kappa shape index (κ2) is 4.11. The highest BCUT2D eigenvalue weighted by Crippen LogP contribution is 2.22. The lowest BCUT2D eigenvalue weighted by Gasteiger charge is -2.37. The summed E-state index contributed by atoms with van der Waals surface area (Å²) in [6, 6.07) is 8.71.